The van der Waals surface area contributed by atoms with E-state index in [1.807, 2.05) is 24.3 Å². The molecule has 0 aliphatic heterocycles. The van der Waals surface area contributed by atoms with Gasteiger partial charge in [-0.2, -0.15) is 0 Å². The summed E-state index contributed by atoms with van der Waals surface area (Å²) in [6.45, 7) is 1.09. The summed E-state index contributed by atoms with van der Waals surface area (Å²) in [6.07, 6.45) is 4.69. The van der Waals surface area contributed by atoms with Crippen LogP contribution in [0.1, 0.15) is 25.7 Å². The van der Waals surface area contributed by atoms with Gasteiger partial charge in [0.05, 0.1) is 18.0 Å². The number of nitrogens with one attached hydrogen (secondary N) is 1. The van der Waals surface area contributed by atoms with Crippen LogP contribution < -0.4 is 11.1 Å². The first-order valence-corrected chi connectivity index (χ1v) is 5.95. The first kappa shape index (κ1) is 11.3. The summed E-state index contributed by atoms with van der Waals surface area (Å²) in [6, 6.07) is 7.77. The monoisotopic (exact) mass is 220 g/mol. The summed E-state index contributed by atoms with van der Waals surface area (Å²) in [5.74, 6) is 0. The highest BCUT2D eigenvalue weighted by atomic mass is 16.3. The Bertz CT molecular complexity index is 346. The molecule has 88 valence electrons. The van der Waals surface area contributed by atoms with Crippen LogP contribution in [0.15, 0.2) is 24.3 Å². The lowest BCUT2D eigenvalue weighted by Gasteiger charge is -2.27. The Balaban J connectivity index is 1.98. The maximum Gasteiger partial charge on any atom is 0.0574 e. The molecule has 0 unspecified atom stereocenters. The third-order valence-corrected chi connectivity index (χ3v) is 3.61. The lowest BCUT2D eigenvalue weighted by molar-refractivity contribution is 0.142. The molecule has 1 aromatic carbocycles. The van der Waals surface area contributed by atoms with Gasteiger partial charge in [0.1, 0.15) is 0 Å². The van der Waals surface area contributed by atoms with Crippen molar-refractivity contribution in [3.8, 4) is 0 Å². The van der Waals surface area contributed by atoms with Crippen LogP contribution in [-0.2, 0) is 0 Å². The van der Waals surface area contributed by atoms with E-state index in [1.165, 1.54) is 12.8 Å². The van der Waals surface area contributed by atoms with Gasteiger partial charge in [0.2, 0.25) is 0 Å². The van der Waals surface area contributed by atoms with Gasteiger partial charge in [0.15, 0.2) is 0 Å². The molecule has 0 heterocycles. The van der Waals surface area contributed by atoms with Crippen molar-refractivity contribution in [1.29, 1.82) is 0 Å². The van der Waals surface area contributed by atoms with Gasteiger partial charge < -0.3 is 16.2 Å². The number of aliphatic hydroxyl groups excluding tert-OH is 1. The third-order valence-electron chi connectivity index (χ3n) is 3.61. The third kappa shape index (κ3) is 2.30. The summed E-state index contributed by atoms with van der Waals surface area (Å²) < 4.78 is 0. The van der Waals surface area contributed by atoms with E-state index in [9.17, 15) is 5.11 Å². The minimum Gasteiger partial charge on any atom is -0.397 e. The van der Waals surface area contributed by atoms with Gasteiger partial charge in [-0.05, 0) is 25.0 Å². The molecule has 2 rings (SSSR count). The normalized spacial score (nSPS) is 18.6. The largest absolute Gasteiger partial charge is 0.397 e. The number of nitrogens with two attached hydrogens (primary N) is 1. The van der Waals surface area contributed by atoms with E-state index < -0.39 is 0 Å². The molecule has 4 N–H and O–H groups in total. The number of anilines is 2. The van der Waals surface area contributed by atoms with Gasteiger partial charge in [-0.15, -0.1) is 0 Å². The molecule has 1 aliphatic rings. The highest BCUT2D eigenvalue weighted by molar-refractivity contribution is 5.65. The maximum atomic E-state index is 9.49. The lowest BCUT2D eigenvalue weighted by Crippen LogP contribution is -2.30. The van der Waals surface area contributed by atoms with Crippen molar-refractivity contribution in [1.82, 2.24) is 0 Å². The predicted molar refractivity (Wildman–Crippen MR) is 67.3 cm³/mol. The number of hydrogen-bond donors (Lipinski definition) is 3. The molecular formula is C13H20N2O. The minimum atomic E-state index is 0.0717. The van der Waals surface area contributed by atoms with Crippen molar-refractivity contribution in [2.24, 2.45) is 5.41 Å². The zero-order valence-corrected chi connectivity index (χ0v) is 9.58. The Hall–Kier alpha value is -1.22. The van der Waals surface area contributed by atoms with Gasteiger partial charge in [-0.25, -0.2) is 0 Å². The van der Waals surface area contributed by atoms with E-state index in [4.69, 9.17) is 5.73 Å². The molecule has 0 atom stereocenters. The number of para-hydroxylation sites is 2. The second kappa shape index (κ2) is 4.74. The van der Waals surface area contributed by atoms with Crippen molar-refractivity contribution in [2.75, 3.05) is 24.2 Å². The molecular weight excluding hydrogens is 200 g/mol. The Morgan fingerprint density at radius 1 is 1.25 bits per heavy atom. The molecule has 0 radical (unpaired) electrons. The van der Waals surface area contributed by atoms with E-state index in [-0.39, 0.29) is 12.0 Å². The van der Waals surface area contributed by atoms with Gasteiger partial charge in [0.25, 0.3) is 0 Å². The quantitative estimate of drug-likeness (QED) is 0.682. The molecule has 1 aliphatic carbocycles. The summed E-state index contributed by atoms with van der Waals surface area (Å²) in [4.78, 5) is 0. The van der Waals surface area contributed by atoms with Crippen molar-refractivity contribution >= 4 is 11.4 Å². The maximum absolute atomic E-state index is 9.49. The molecule has 0 aromatic heterocycles. The standard InChI is InChI=1S/C13H20N2O/c14-11-5-1-2-6-12(11)15-9-13(10-16)7-3-4-8-13/h1-2,5-6,15-16H,3-4,7-10,14H2. The van der Waals surface area contributed by atoms with Crippen molar-refractivity contribution in [3.63, 3.8) is 0 Å². The van der Waals surface area contributed by atoms with Crippen LogP contribution in [0.3, 0.4) is 0 Å². The number of rotatable bonds is 4. The van der Waals surface area contributed by atoms with Crippen molar-refractivity contribution in [2.45, 2.75) is 25.7 Å². The summed E-state index contributed by atoms with van der Waals surface area (Å²) in [5.41, 5.74) is 7.68. The first-order chi connectivity index (χ1) is 7.76. The van der Waals surface area contributed by atoms with Gasteiger partial charge >= 0.3 is 0 Å². The molecule has 1 saturated carbocycles. The van der Waals surface area contributed by atoms with Crippen LogP contribution in [0.25, 0.3) is 0 Å². The number of nitrogen functional groups attached to an aromatic ring is 1. The zero-order chi connectivity index (χ0) is 11.4. The van der Waals surface area contributed by atoms with E-state index in [2.05, 4.69) is 5.32 Å². The molecule has 3 heteroatoms. The molecule has 0 bridgehead atoms. The van der Waals surface area contributed by atoms with E-state index in [0.717, 1.165) is 30.8 Å². The predicted octanol–water partition coefficient (Wildman–Crippen LogP) is 2.23. The average molecular weight is 220 g/mol. The van der Waals surface area contributed by atoms with Gasteiger partial charge in [0, 0.05) is 12.0 Å². The van der Waals surface area contributed by atoms with Crippen LogP contribution in [0.4, 0.5) is 11.4 Å². The Kier molecular flexibility index (Phi) is 3.34. The van der Waals surface area contributed by atoms with Crippen LogP contribution in [0.5, 0.6) is 0 Å². The smallest absolute Gasteiger partial charge is 0.0574 e. The molecule has 1 fully saturated rings. The van der Waals surface area contributed by atoms with Crippen LogP contribution >= 0.6 is 0 Å². The molecule has 0 spiro atoms. The number of hydrogen-bond acceptors (Lipinski definition) is 3. The van der Waals surface area contributed by atoms with E-state index in [0.29, 0.717) is 0 Å². The highest BCUT2D eigenvalue weighted by Crippen LogP contribution is 2.37. The first-order valence-electron chi connectivity index (χ1n) is 5.95. The number of benzene rings is 1. The fraction of sp³-hybridized carbons (Fsp3) is 0.538. The molecule has 1 aromatic rings. The molecule has 0 saturated heterocycles. The minimum absolute atomic E-state index is 0.0717. The van der Waals surface area contributed by atoms with Crippen molar-refractivity contribution in [3.05, 3.63) is 24.3 Å². The lowest BCUT2D eigenvalue weighted by atomic mass is 9.87. The van der Waals surface area contributed by atoms with Crippen LogP contribution in [0.2, 0.25) is 0 Å². The second-order valence-electron chi connectivity index (χ2n) is 4.81. The Morgan fingerprint density at radius 3 is 2.56 bits per heavy atom. The van der Waals surface area contributed by atoms with Crippen LogP contribution in [0, 0.1) is 5.41 Å². The fourth-order valence-corrected chi connectivity index (χ4v) is 2.46. The van der Waals surface area contributed by atoms with Crippen molar-refractivity contribution < 1.29 is 5.11 Å². The van der Waals surface area contributed by atoms with Gasteiger partial charge in [-0.3, -0.25) is 0 Å². The SMILES string of the molecule is Nc1ccccc1NCC1(CO)CCCC1. The Labute approximate surface area is 96.7 Å². The fourth-order valence-electron chi connectivity index (χ4n) is 2.46. The average Bonchev–Trinajstić information content (AvgIpc) is 2.78. The van der Waals surface area contributed by atoms with E-state index >= 15 is 0 Å². The summed E-state index contributed by atoms with van der Waals surface area (Å²) >= 11 is 0. The molecule has 16 heavy (non-hydrogen) atoms. The molecule has 3 nitrogen and oxygen atoms in total. The topological polar surface area (TPSA) is 58.3 Å². The highest BCUT2D eigenvalue weighted by Gasteiger charge is 2.32. The molecule has 0 amide bonds. The zero-order valence-electron chi connectivity index (χ0n) is 9.58. The second-order valence-corrected chi connectivity index (χ2v) is 4.81. The van der Waals surface area contributed by atoms with Gasteiger partial charge in [-0.1, -0.05) is 25.0 Å². The van der Waals surface area contributed by atoms with Crippen LogP contribution in [-0.4, -0.2) is 18.3 Å². The number of aliphatic hydroxyl groups is 1. The summed E-state index contributed by atoms with van der Waals surface area (Å²) in [7, 11) is 0. The summed E-state index contributed by atoms with van der Waals surface area (Å²) in [5, 5.41) is 12.9. The van der Waals surface area contributed by atoms with E-state index in [1.54, 1.807) is 0 Å². The Morgan fingerprint density at radius 2 is 1.94 bits per heavy atom.